The summed E-state index contributed by atoms with van der Waals surface area (Å²) in [4.78, 5) is 13.1. The normalized spacial score (nSPS) is 15.0. The molecular formula is C23H24ClN2O+. The highest BCUT2D eigenvalue weighted by Crippen LogP contribution is 2.25. The fraction of sp³-hybridized carbons (Fsp3) is 0.304. The van der Waals surface area contributed by atoms with Crippen molar-refractivity contribution in [2.45, 2.75) is 45.2 Å². The van der Waals surface area contributed by atoms with Crippen molar-refractivity contribution < 1.29 is 9.36 Å². The fourth-order valence-electron chi connectivity index (χ4n) is 3.95. The SMILES string of the molecule is CC(C(=O)c1ccc(Cl)cc1)[n+]1cc(-c2ccccc2)n2c1CCCCC2. The minimum atomic E-state index is -0.247. The maximum absolute atomic E-state index is 13.1. The molecule has 1 unspecified atom stereocenters. The monoisotopic (exact) mass is 379 g/mol. The van der Waals surface area contributed by atoms with Gasteiger partial charge in [0.1, 0.15) is 6.20 Å². The van der Waals surface area contributed by atoms with Gasteiger partial charge in [0.05, 0.1) is 6.54 Å². The Morgan fingerprint density at radius 1 is 1.04 bits per heavy atom. The van der Waals surface area contributed by atoms with E-state index in [0.717, 1.165) is 13.0 Å². The number of carbonyl (C=O) groups excluding carboxylic acids is 1. The summed E-state index contributed by atoms with van der Waals surface area (Å²) in [5.41, 5.74) is 3.10. The van der Waals surface area contributed by atoms with Crippen LogP contribution in [-0.2, 0) is 13.0 Å². The molecule has 1 aliphatic heterocycles. The first-order valence-electron chi connectivity index (χ1n) is 9.64. The van der Waals surface area contributed by atoms with Crippen LogP contribution in [0.4, 0.5) is 0 Å². The summed E-state index contributed by atoms with van der Waals surface area (Å²) in [5, 5.41) is 0.649. The Bertz CT molecular complexity index is 945. The van der Waals surface area contributed by atoms with Crippen LogP contribution in [0, 0.1) is 0 Å². The first-order chi connectivity index (χ1) is 13.1. The van der Waals surface area contributed by atoms with Crippen LogP contribution < -0.4 is 4.57 Å². The van der Waals surface area contributed by atoms with E-state index in [1.54, 1.807) is 12.1 Å². The molecule has 0 radical (unpaired) electrons. The van der Waals surface area contributed by atoms with E-state index in [0.29, 0.717) is 10.6 Å². The lowest BCUT2D eigenvalue weighted by Gasteiger charge is -2.10. The molecule has 3 aromatic rings. The summed E-state index contributed by atoms with van der Waals surface area (Å²) < 4.78 is 4.60. The molecule has 27 heavy (non-hydrogen) atoms. The van der Waals surface area contributed by atoms with Gasteiger partial charge in [-0.25, -0.2) is 9.13 Å². The standard InChI is InChI=1S/C23H24ClN2O/c1-17(23(27)19-11-13-20(24)14-12-19)26-16-21(18-8-4-2-5-9-18)25-15-7-3-6-10-22(25)26/h2,4-5,8-9,11-14,16-17H,3,6-7,10,15H2,1H3/q+1. The van der Waals surface area contributed by atoms with E-state index in [9.17, 15) is 4.79 Å². The Morgan fingerprint density at radius 3 is 2.52 bits per heavy atom. The number of rotatable bonds is 4. The molecule has 2 heterocycles. The van der Waals surface area contributed by atoms with Gasteiger partial charge in [0, 0.05) is 22.6 Å². The Balaban J connectivity index is 1.77. The number of imidazole rings is 1. The van der Waals surface area contributed by atoms with Crippen molar-refractivity contribution >= 4 is 17.4 Å². The molecule has 0 spiro atoms. The minimum absolute atomic E-state index is 0.119. The highest BCUT2D eigenvalue weighted by molar-refractivity contribution is 6.30. The van der Waals surface area contributed by atoms with Gasteiger partial charge >= 0.3 is 0 Å². The zero-order chi connectivity index (χ0) is 18.8. The number of fused-ring (bicyclic) bond motifs is 1. The van der Waals surface area contributed by atoms with Crippen LogP contribution in [0.25, 0.3) is 11.3 Å². The molecule has 0 bridgehead atoms. The summed E-state index contributed by atoms with van der Waals surface area (Å²) in [7, 11) is 0. The first kappa shape index (κ1) is 18.0. The van der Waals surface area contributed by atoms with Gasteiger partial charge in [-0.1, -0.05) is 41.9 Å². The predicted molar refractivity (Wildman–Crippen MR) is 108 cm³/mol. The van der Waals surface area contributed by atoms with Crippen LogP contribution in [0.2, 0.25) is 5.02 Å². The Kier molecular flexibility index (Phi) is 5.13. The summed E-state index contributed by atoms with van der Waals surface area (Å²) in [6.45, 7) is 3.01. The largest absolute Gasteiger partial charge is 0.289 e. The Hall–Kier alpha value is -2.39. The quantitative estimate of drug-likeness (QED) is 0.448. The zero-order valence-electron chi connectivity index (χ0n) is 15.6. The third-order valence-electron chi connectivity index (χ3n) is 5.44. The molecular weight excluding hydrogens is 356 g/mol. The van der Waals surface area contributed by atoms with Gasteiger partial charge in [-0.2, -0.15) is 0 Å². The average molecular weight is 380 g/mol. The molecule has 3 nitrogen and oxygen atoms in total. The van der Waals surface area contributed by atoms with Crippen LogP contribution in [0.1, 0.15) is 48.4 Å². The summed E-state index contributed by atoms with van der Waals surface area (Å²) >= 11 is 5.98. The number of hydrogen-bond donors (Lipinski definition) is 0. The number of nitrogens with zero attached hydrogens (tertiary/aromatic N) is 2. The van der Waals surface area contributed by atoms with Gasteiger partial charge in [0.25, 0.3) is 5.82 Å². The average Bonchev–Trinajstić information content (AvgIpc) is 2.89. The summed E-state index contributed by atoms with van der Waals surface area (Å²) in [6, 6.07) is 17.4. The molecule has 4 rings (SSSR count). The van der Waals surface area contributed by atoms with Crippen molar-refractivity contribution in [1.29, 1.82) is 0 Å². The van der Waals surface area contributed by atoms with Gasteiger partial charge in [0.15, 0.2) is 11.7 Å². The first-order valence-corrected chi connectivity index (χ1v) is 10.0. The van der Waals surface area contributed by atoms with Crippen molar-refractivity contribution in [1.82, 2.24) is 4.57 Å². The molecule has 2 aromatic carbocycles. The van der Waals surface area contributed by atoms with Gasteiger partial charge in [-0.15, -0.1) is 0 Å². The molecule has 1 aliphatic rings. The van der Waals surface area contributed by atoms with Gasteiger partial charge < -0.3 is 0 Å². The van der Waals surface area contributed by atoms with Crippen molar-refractivity contribution in [3.05, 3.63) is 77.2 Å². The molecule has 0 N–H and O–H groups in total. The molecule has 1 aromatic heterocycles. The molecule has 4 heteroatoms. The van der Waals surface area contributed by atoms with Crippen molar-refractivity contribution in [2.75, 3.05) is 0 Å². The lowest BCUT2D eigenvalue weighted by Crippen LogP contribution is -2.44. The lowest BCUT2D eigenvalue weighted by molar-refractivity contribution is -0.711. The van der Waals surface area contributed by atoms with Crippen LogP contribution in [0.3, 0.4) is 0 Å². The third-order valence-corrected chi connectivity index (χ3v) is 5.69. The number of halogens is 1. The van der Waals surface area contributed by atoms with E-state index >= 15 is 0 Å². The second kappa shape index (κ2) is 7.69. The number of Topliss-reactive ketones (excluding diaryl/α,β-unsaturated/α-hetero) is 1. The van der Waals surface area contributed by atoms with Crippen molar-refractivity contribution in [2.24, 2.45) is 0 Å². The molecule has 0 fully saturated rings. The Morgan fingerprint density at radius 2 is 1.78 bits per heavy atom. The van der Waals surface area contributed by atoms with E-state index in [2.05, 4.69) is 39.6 Å². The third kappa shape index (κ3) is 3.57. The minimum Gasteiger partial charge on any atom is -0.289 e. The molecule has 0 saturated heterocycles. The topological polar surface area (TPSA) is 25.9 Å². The summed E-state index contributed by atoms with van der Waals surface area (Å²) in [5.74, 6) is 1.37. The molecule has 1 atom stereocenters. The summed E-state index contributed by atoms with van der Waals surface area (Å²) in [6.07, 6.45) is 6.75. The number of carbonyl (C=O) groups is 1. The van der Waals surface area contributed by atoms with Gasteiger partial charge in [0.2, 0.25) is 5.78 Å². The number of hydrogen-bond acceptors (Lipinski definition) is 1. The molecule has 0 saturated carbocycles. The van der Waals surface area contributed by atoms with Gasteiger partial charge in [-0.05, 0) is 50.5 Å². The van der Waals surface area contributed by atoms with E-state index in [1.165, 1.54) is 36.3 Å². The van der Waals surface area contributed by atoms with Crippen molar-refractivity contribution in [3.63, 3.8) is 0 Å². The van der Waals surface area contributed by atoms with Crippen molar-refractivity contribution in [3.8, 4) is 11.3 Å². The second-order valence-corrected chi connectivity index (χ2v) is 7.65. The molecule has 0 aliphatic carbocycles. The van der Waals surface area contributed by atoms with E-state index in [4.69, 9.17) is 11.6 Å². The van der Waals surface area contributed by atoms with E-state index < -0.39 is 0 Å². The van der Waals surface area contributed by atoms with Crippen LogP contribution >= 0.6 is 11.6 Å². The highest BCUT2D eigenvalue weighted by atomic mass is 35.5. The maximum atomic E-state index is 13.1. The van der Waals surface area contributed by atoms with E-state index in [-0.39, 0.29) is 11.8 Å². The number of benzene rings is 2. The van der Waals surface area contributed by atoms with E-state index in [1.807, 2.05) is 25.1 Å². The maximum Gasteiger partial charge on any atom is 0.257 e. The second-order valence-electron chi connectivity index (χ2n) is 7.21. The fourth-order valence-corrected chi connectivity index (χ4v) is 4.08. The highest BCUT2D eigenvalue weighted by Gasteiger charge is 2.31. The predicted octanol–water partition coefficient (Wildman–Crippen LogP) is 5.27. The van der Waals surface area contributed by atoms with Gasteiger partial charge in [-0.3, -0.25) is 4.79 Å². The van der Waals surface area contributed by atoms with Crippen LogP contribution in [0.15, 0.2) is 60.8 Å². The number of ketones is 1. The molecule has 0 amide bonds. The molecule has 138 valence electrons. The lowest BCUT2D eigenvalue weighted by atomic mass is 10.1. The number of aromatic nitrogens is 2. The van der Waals surface area contributed by atoms with Crippen LogP contribution in [-0.4, -0.2) is 10.4 Å². The smallest absolute Gasteiger partial charge is 0.257 e. The zero-order valence-corrected chi connectivity index (χ0v) is 16.3. The Labute approximate surface area is 165 Å². The van der Waals surface area contributed by atoms with Crippen LogP contribution in [0.5, 0.6) is 0 Å².